The molecule has 1 fully saturated rings. The van der Waals surface area contributed by atoms with Gasteiger partial charge in [-0.05, 0) is 19.3 Å². The average molecular weight is 185 g/mol. The van der Waals surface area contributed by atoms with Crippen molar-refractivity contribution in [1.29, 1.82) is 0 Å². The molecule has 0 aromatic carbocycles. The Morgan fingerprint density at radius 2 is 1.69 bits per heavy atom. The summed E-state index contributed by atoms with van der Waals surface area (Å²) in [7, 11) is 0. The van der Waals surface area contributed by atoms with E-state index in [1.165, 1.54) is 0 Å². The highest BCUT2D eigenvalue weighted by atomic mass is 16.5. The van der Waals surface area contributed by atoms with Crippen LogP contribution in [0, 0.1) is 21.0 Å². The zero-order valence-corrected chi connectivity index (χ0v) is 7.92. The third kappa shape index (κ3) is 6.58. The van der Waals surface area contributed by atoms with Crippen LogP contribution < -0.4 is 0 Å². The molecule has 0 spiro atoms. The Balaban J connectivity index is 0. The summed E-state index contributed by atoms with van der Waals surface area (Å²) >= 11 is 0. The van der Waals surface area contributed by atoms with E-state index in [0.717, 1.165) is 19.3 Å². The maximum atomic E-state index is 10.8. The summed E-state index contributed by atoms with van der Waals surface area (Å²) in [6.45, 7) is 0.338. The number of aliphatic hydroxyl groups excluding tert-OH is 1. The molecule has 0 aromatic rings. The zero-order chi connectivity index (χ0) is 8.10. The van der Waals surface area contributed by atoms with Crippen LogP contribution in [0.2, 0.25) is 0 Å². The number of rotatable bonds is 0. The van der Waals surface area contributed by atoms with Gasteiger partial charge in [0.25, 0.3) is 0 Å². The van der Waals surface area contributed by atoms with Gasteiger partial charge in [0.05, 0.1) is 12.7 Å². The van der Waals surface area contributed by atoms with Crippen LogP contribution in [0.3, 0.4) is 0 Å². The Morgan fingerprint density at radius 1 is 1.08 bits per heavy atom. The number of hydrogen-bond acceptors (Lipinski definition) is 3. The highest BCUT2D eigenvalue weighted by Crippen LogP contribution is 2.15. The van der Waals surface area contributed by atoms with E-state index in [0.29, 0.717) is 25.6 Å². The molecule has 0 aromatic heterocycles. The number of carbonyl (C=O) groups is 1. The third-order valence-corrected chi connectivity index (χ3v) is 1.75. The molecule has 0 unspecified atom stereocenters. The quantitative estimate of drug-likeness (QED) is 0.587. The molecular weight excluding hydrogens is 168 g/mol. The van der Waals surface area contributed by atoms with Crippen molar-refractivity contribution in [1.82, 2.24) is 0 Å². The maximum absolute atomic E-state index is 10.8. The molecule has 3 nitrogen and oxygen atoms in total. The van der Waals surface area contributed by atoms with Crippen molar-refractivity contribution in [3.63, 3.8) is 0 Å². The van der Waals surface area contributed by atoms with E-state index in [-0.39, 0.29) is 20.8 Å². The molecule has 0 bridgehead atoms. The lowest BCUT2D eigenvalue weighted by Crippen LogP contribution is -2.05. The molecular formula is C10H17O3. The molecule has 75 valence electrons. The maximum Gasteiger partial charge on any atom is 0.305 e. The van der Waals surface area contributed by atoms with Crippen LogP contribution in [-0.2, 0) is 9.53 Å². The molecule has 0 aliphatic carbocycles. The van der Waals surface area contributed by atoms with Crippen LogP contribution >= 0.6 is 0 Å². The fourth-order valence-corrected chi connectivity index (χ4v) is 1.08. The van der Waals surface area contributed by atoms with Crippen molar-refractivity contribution in [2.24, 2.45) is 0 Å². The van der Waals surface area contributed by atoms with Crippen LogP contribution in [0.25, 0.3) is 0 Å². The highest BCUT2D eigenvalue weighted by molar-refractivity contribution is 5.69. The van der Waals surface area contributed by atoms with Crippen LogP contribution in [0.4, 0.5) is 0 Å². The molecule has 1 saturated heterocycles. The molecule has 3 heteroatoms. The smallest absolute Gasteiger partial charge is 0.305 e. The predicted molar refractivity (Wildman–Crippen MR) is 49.9 cm³/mol. The first-order valence-electron chi connectivity index (χ1n) is 3.98. The minimum absolute atomic E-state index is 0. The van der Waals surface area contributed by atoms with Gasteiger partial charge in [0.2, 0.25) is 0 Å². The van der Waals surface area contributed by atoms with Crippen molar-refractivity contribution >= 4 is 5.97 Å². The van der Waals surface area contributed by atoms with Gasteiger partial charge in [0.1, 0.15) is 0 Å². The molecule has 0 amide bonds. The van der Waals surface area contributed by atoms with Gasteiger partial charge in [-0.3, -0.25) is 4.79 Å². The second kappa shape index (κ2) is 8.05. The molecule has 1 aliphatic rings. The Morgan fingerprint density at radius 3 is 2.38 bits per heavy atom. The fourth-order valence-electron chi connectivity index (χ4n) is 1.08. The minimum Gasteiger partial charge on any atom is -0.466 e. The largest absolute Gasteiger partial charge is 0.466 e. The first-order valence-corrected chi connectivity index (χ1v) is 3.98. The highest BCUT2D eigenvalue weighted by Gasteiger charge is 2.11. The minimum atomic E-state index is -0.139. The molecule has 13 heavy (non-hydrogen) atoms. The van der Waals surface area contributed by atoms with Gasteiger partial charge >= 0.3 is 5.97 Å². The Labute approximate surface area is 81.1 Å². The number of cyclic esters (lactones) is 1. The Hall–Kier alpha value is -0.570. The SMILES string of the molecule is O=C1CCCC[C](O)CCO1.[CH2].[CH2]. The lowest BCUT2D eigenvalue weighted by molar-refractivity contribution is -0.143. The van der Waals surface area contributed by atoms with E-state index < -0.39 is 0 Å². The fraction of sp³-hybridized carbons (Fsp3) is 0.600. The van der Waals surface area contributed by atoms with Gasteiger partial charge in [-0.2, -0.15) is 0 Å². The summed E-state index contributed by atoms with van der Waals surface area (Å²) in [5.41, 5.74) is 0. The number of ether oxygens (including phenoxy) is 1. The standard InChI is InChI=1S/C8H13O3.2CH2/c9-7-3-1-2-4-8(10)11-6-5-7;;/h9H,1-6H2;2*1H2. The second-order valence-corrected chi connectivity index (χ2v) is 2.74. The van der Waals surface area contributed by atoms with Gasteiger partial charge in [-0.25, -0.2) is 0 Å². The van der Waals surface area contributed by atoms with Crippen LogP contribution in [0.5, 0.6) is 0 Å². The van der Waals surface area contributed by atoms with Crippen LogP contribution in [0.1, 0.15) is 32.1 Å². The molecule has 0 saturated carbocycles. The second-order valence-electron chi connectivity index (χ2n) is 2.74. The summed E-state index contributed by atoms with van der Waals surface area (Å²) in [4.78, 5) is 10.8. The lowest BCUT2D eigenvalue weighted by Gasteiger charge is -2.05. The number of aliphatic hydroxyl groups is 1. The van der Waals surface area contributed by atoms with E-state index in [9.17, 15) is 4.79 Å². The summed E-state index contributed by atoms with van der Waals surface area (Å²) in [6, 6.07) is 0. The number of hydrogen-bond donors (Lipinski definition) is 1. The molecule has 1 N–H and O–H groups in total. The van der Waals surface area contributed by atoms with E-state index >= 15 is 0 Å². The van der Waals surface area contributed by atoms with E-state index in [1.807, 2.05) is 0 Å². The first-order chi connectivity index (χ1) is 5.29. The summed E-state index contributed by atoms with van der Waals surface area (Å²) in [6.07, 6.45) is 3.89. The Bertz CT molecular complexity index is 134. The Kier molecular flexibility index (Phi) is 9.24. The monoisotopic (exact) mass is 185 g/mol. The van der Waals surface area contributed by atoms with Gasteiger partial charge in [0.15, 0.2) is 0 Å². The zero-order valence-electron chi connectivity index (χ0n) is 7.92. The summed E-state index contributed by atoms with van der Waals surface area (Å²) in [5.74, 6) is -0.139. The first kappa shape index (κ1) is 14.9. The predicted octanol–water partition coefficient (Wildman–Crippen LogP) is 2.05. The lowest BCUT2D eigenvalue weighted by atomic mass is 10.1. The summed E-state index contributed by atoms with van der Waals surface area (Å²) in [5, 5.41) is 9.15. The van der Waals surface area contributed by atoms with Crippen LogP contribution in [0.15, 0.2) is 0 Å². The van der Waals surface area contributed by atoms with Crippen molar-refractivity contribution in [3.8, 4) is 0 Å². The van der Waals surface area contributed by atoms with Gasteiger partial charge in [-0.15, -0.1) is 0 Å². The van der Waals surface area contributed by atoms with Gasteiger partial charge in [-0.1, -0.05) is 14.9 Å². The van der Waals surface area contributed by atoms with Crippen molar-refractivity contribution in [2.45, 2.75) is 32.1 Å². The molecule has 1 heterocycles. The van der Waals surface area contributed by atoms with Gasteiger partial charge < -0.3 is 9.84 Å². The normalized spacial score (nSPS) is 19.6. The van der Waals surface area contributed by atoms with E-state index in [4.69, 9.17) is 9.84 Å². The van der Waals surface area contributed by atoms with E-state index in [2.05, 4.69) is 0 Å². The number of esters is 1. The molecule has 1 rings (SSSR count). The van der Waals surface area contributed by atoms with Crippen molar-refractivity contribution < 1.29 is 14.6 Å². The topological polar surface area (TPSA) is 46.5 Å². The molecule has 0 atom stereocenters. The molecule has 1 aliphatic heterocycles. The average Bonchev–Trinajstić information content (AvgIpc) is 2.04. The molecule has 5 radical (unpaired) electrons. The summed E-state index contributed by atoms with van der Waals surface area (Å²) < 4.78 is 4.81. The van der Waals surface area contributed by atoms with Crippen molar-refractivity contribution in [2.75, 3.05) is 6.61 Å². The van der Waals surface area contributed by atoms with E-state index in [1.54, 1.807) is 0 Å². The van der Waals surface area contributed by atoms with Gasteiger partial charge in [0, 0.05) is 12.8 Å². The number of carbonyl (C=O) groups excluding carboxylic acids is 1. The van der Waals surface area contributed by atoms with Crippen LogP contribution in [-0.4, -0.2) is 17.7 Å². The van der Waals surface area contributed by atoms with Crippen molar-refractivity contribution in [3.05, 3.63) is 21.0 Å². The third-order valence-electron chi connectivity index (χ3n) is 1.75.